The summed E-state index contributed by atoms with van der Waals surface area (Å²) in [6.45, 7) is 6.88. The average molecular weight is 277 g/mol. The van der Waals surface area contributed by atoms with Crippen molar-refractivity contribution in [2.45, 2.75) is 32.7 Å². The van der Waals surface area contributed by atoms with Gasteiger partial charge in [0.15, 0.2) is 0 Å². The number of methoxy groups -OCH3 is 1. The van der Waals surface area contributed by atoms with Crippen LogP contribution in [-0.4, -0.2) is 38.3 Å². The molecule has 112 valence electrons. The van der Waals surface area contributed by atoms with Crippen molar-refractivity contribution in [3.63, 3.8) is 0 Å². The Kier molecular flexibility index (Phi) is 6.27. The highest BCUT2D eigenvalue weighted by atomic mass is 16.5. The van der Waals surface area contributed by atoms with E-state index in [0.29, 0.717) is 0 Å². The Morgan fingerprint density at radius 3 is 2.80 bits per heavy atom. The molecule has 0 saturated heterocycles. The van der Waals surface area contributed by atoms with Crippen molar-refractivity contribution < 1.29 is 4.74 Å². The molecule has 1 aliphatic rings. The molecule has 0 bridgehead atoms. The molecule has 0 atom stereocenters. The Bertz CT molecular complexity index is 376. The predicted molar refractivity (Wildman–Crippen MR) is 83.0 cm³/mol. The van der Waals surface area contributed by atoms with E-state index in [0.717, 1.165) is 44.5 Å². The number of nitrogens with zero attached hydrogens (tertiary/aromatic N) is 2. The molecular weight excluding hydrogens is 250 g/mol. The first kappa shape index (κ1) is 15.3. The Hall–Kier alpha value is -1.13. The maximum Gasteiger partial charge on any atom is 0.128 e. The van der Waals surface area contributed by atoms with E-state index in [2.05, 4.69) is 34.3 Å². The lowest BCUT2D eigenvalue weighted by molar-refractivity contribution is 0.199. The second-order valence-electron chi connectivity index (χ2n) is 5.53. The number of pyridine rings is 1. The summed E-state index contributed by atoms with van der Waals surface area (Å²) in [4.78, 5) is 7.01. The van der Waals surface area contributed by atoms with Crippen molar-refractivity contribution in [3.05, 3.63) is 23.9 Å². The van der Waals surface area contributed by atoms with E-state index in [4.69, 9.17) is 4.74 Å². The van der Waals surface area contributed by atoms with Crippen LogP contribution in [0.5, 0.6) is 0 Å². The molecule has 1 saturated carbocycles. The lowest BCUT2D eigenvalue weighted by Gasteiger charge is -2.32. The summed E-state index contributed by atoms with van der Waals surface area (Å²) >= 11 is 0. The minimum Gasteiger partial charge on any atom is -0.383 e. The summed E-state index contributed by atoms with van der Waals surface area (Å²) in [5.41, 5.74) is 1.23. The molecule has 1 aromatic rings. The number of rotatable bonds is 9. The smallest absolute Gasteiger partial charge is 0.128 e. The number of hydrogen-bond acceptors (Lipinski definition) is 4. The zero-order valence-corrected chi connectivity index (χ0v) is 12.8. The first-order valence-corrected chi connectivity index (χ1v) is 7.73. The van der Waals surface area contributed by atoms with Crippen LogP contribution in [0, 0.1) is 5.92 Å². The molecule has 1 N–H and O–H groups in total. The topological polar surface area (TPSA) is 37.4 Å². The molecule has 0 radical (unpaired) electrons. The Balaban J connectivity index is 1.82. The second-order valence-corrected chi connectivity index (χ2v) is 5.53. The fourth-order valence-corrected chi connectivity index (χ4v) is 2.49. The first-order chi connectivity index (χ1) is 9.83. The van der Waals surface area contributed by atoms with Crippen LogP contribution < -0.4 is 10.2 Å². The van der Waals surface area contributed by atoms with Gasteiger partial charge >= 0.3 is 0 Å². The van der Waals surface area contributed by atoms with Gasteiger partial charge < -0.3 is 15.0 Å². The zero-order chi connectivity index (χ0) is 14.2. The molecule has 4 nitrogen and oxygen atoms in total. The van der Waals surface area contributed by atoms with Gasteiger partial charge in [0, 0.05) is 39.5 Å². The van der Waals surface area contributed by atoms with Gasteiger partial charge in [-0.05, 0) is 37.3 Å². The van der Waals surface area contributed by atoms with E-state index in [1.165, 1.54) is 24.8 Å². The van der Waals surface area contributed by atoms with E-state index in [1.807, 2.05) is 6.20 Å². The molecule has 2 rings (SSSR count). The highest BCUT2D eigenvalue weighted by Gasteiger charge is 2.20. The van der Waals surface area contributed by atoms with E-state index in [9.17, 15) is 0 Å². The Morgan fingerprint density at radius 1 is 1.40 bits per heavy atom. The summed E-state index contributed by atoms with van der Waals surface area (Å²) in [7, 11) is 1.72. The average Bonchev–Trinajstić information content (AvgIpc) is 2.44. The third-order valence-electron chi connectivity index (χ3n) is 4.03. The van der Waals surface area contributed by atoms with Gasteiger partial charge in [-0.15, -0.1) is 0 Å². The third kappa shape index (κ3) is 4.46. The molecule has 0 spiro atoms. The molecule has 0 aliphatic heterocycles. The van der Waals surface area contributed by atoms with Crippen molar-refractivity contribution >= 4 is 5.82 Å². The van der Waals surface area contributed by atoms with Crippen LogP contribution in [0.2, 0.25) is 0 Å². The molecule has 0 unspecified atom stereocenters. The van der Waals surface area contributed by atoms with E-state index in [1.54, 1.807) is 7.11 Å². The minimum atomic E-state index is 0.747. The monoisotopic (exact) mass is 277 g/mol. The number of ether oxygens (including phenoxy) is 1. The SMILES string of the molecule is CCN(CC1CCC1)c1ccc(CNCCOC)cn1. The van der Waals surface area contributed by atoms with Crippen LogP contribution in [0.4, 0.5) is 5.82 Å². The molecule has 1 heterocycles. The highest BCUT2D eigenvalue weighted by molar-refractivity contribution is 5.39. The summed E-state index contributed by atoms with van der Waals surface area (Å²) in [6, 6.07) is 4.32. The van der Waals surface area contributed by atoms with E-state index < -0.39 is 0 Å². The quantitative estimate of drug-likeness (QED) is 0.704. The molecule has 1 fully saturated rings. The normalized spacial score (nSPS) is 15.1. The van der Waals surface area contributed by atoms with Gasteiger partial charge in [-0.25, -0.2) is 4.98 Å². The van der Waals surface area contributed by atoms with Crippen molar-refractivity contribution in [1.29, 1.82) is 0 Å². The van der Waals surface area contributed by atoms with Crippen molar-refractivity contribution in [1.82, 2.24) is 10.3 Å². The molecule has 1 aromatic heterocycles. The predicted octanol–water partition coefficient (Wildman–Crippen LogP) is 2.44. The van der Waals surface area contributed by atoms with E-state index in [-0.39, 0.29) is 0 Å². The fourth-order valence-electron chi connectivity index (χ4n) is 2.49. The Morgan fingerprint density at radius 2 is 2.25 bits per heavy atom. The largest absolute Gasteiger partial charge is 0.383 e. The highest BCUT2D eigenvalue weighted by Crippen LogP contribution is 2.28. The second kappa shape index (κ2) is 8.22. The number of aromatic nitrogens is 1. The van der Waals surface area contributed by atoms with Crippen molar-refractivity contribution in [2.75, 3.05) is 38.3 Å². The third-order valence-corrected chi connectivity index (χ3v) is 4.03. The standard InChI is InChI=1S/C16H27N3O/c1-3-19(13-14-5-4-6-14)16-8-7-15(12-18-16)11-17-9-10-20-2/h7-8,12,14,17H,3-6,9-11,13H2,1-2H3. The molecule has 4 heteroatoms. The van der Waals surface area contributed by atoms with Crippen LogP contribution in [0.1, 0.15) is 31.7 Å². The maximum absolute atomic E-state index is 5.01. The van der Waals surface area contributed by atoms with Crippen LogP contribution in [0.3, 0.4) is 0 Å². The van der Waals surface area contributed by atoms with Gasteiger partial charge in [0.05, 0.1) is 6.61 Å². The zero-order valence-electron chi connectivity index (χ0n) is 12.8. The van der Waals surface area contributed by atoms with Gasteiger partial charge in [-0.2, -0.15) is 0 Å². The van der Waals surface area contributed by atoms with Gasteiger partial charge in [0.2, 0.25) is 0 Å². The number of hydrogen-bond donors (Lipinski definition) is 1. The first-order valence-electron chi connectivity index (χ1n) is 7.73. The molecule has 0 amide bonds. The van der Waals surface area contributed by atoms with Crippen molar-refractivity contribution in [3.8, 4) is 0 Å². The van der Waals surface area contributed by atoms with Gasteiger partial charge in [0.1, 0.15) is 5.82 Å². The summed E-state index contributed by atoms with van der Waals surface area (Å²) in [5.74, 6) is 1.99. The van der Waals surface area contributed by atoms with Crippen LogP contribution >= 0.6 is 0 Å². The van der Waals surface area contributed by atoms with Crippen LogP contribution in [-0.2, 0) is 11.3 Å². The number of anilines is 1. The fraction of sp³-hybridized carbons (Fsp3) is 0.688. The molecule has 20 heavy (non-hydrogen) atoms. The van der Waals surface area contributed by atoms with Gasteiger partial charge in [0.25, 0.3) is 0 Å². The number of nitrogens with one attached hydrogen (secondary N) is 1. The van der Waals surface area contributed by atoms with Gasteiger partial charge in [-0.3, -0.25) is 0 Å². The van der Waals surface area contributed by atoms with Crippen LogP contribution in [0.25, 0.3) is 0 Å². The summed E-state index contributed by atoms with van der Waals surface area (Å²) < 4.78 is 5.01. The molecule has 0 aromatic carbocycles. The lowest BCUT2D eigenvalue weighted by atomic mass is 9.85. The lowest BCUT2D eigenvalue weighted by Crippen LogP contribution is -2.33. The summed E-state index contributed by atoms with van der Waals surface area (Å²) in [6.07, 6.45) is 6.16. The van der Waals surface area contributed by atoms with Crippen LogP contribution in [0.15, 0.2) is 18.3 Å². The minimum absolute atomic E-state index is 0.747. The summed E-state index contributed by atoms with van der Waals surface area (Å²) in [5, 5.41) is 3.34. The maximum atomic E-state index is 5.01. The Labute approximate surface area is 122 Å². The molecule has 1 aliphatic carbocycles. The van der Waals surface area contributed by atoms with Crippen molar-refractivity contribution in [2.24, 2.45) is 5.92 Å². The van der Waals surface area contributed by atoms with Gasteiger partial charge in [-0.1, -0.05) is 12.5 Å². The molecular formula is C16H27N3O. The van der Waals surface area contributed by atoms with E-state index >= 15 is 0 Å².